The van der Waals surface area contributed by atoms with Crippen molar-refractivity contribution in [1.29, 1.82) is 5.26 Å². The van der Waals surface area contributed by atoms with Gasteiger partial charge in [0.05, 0.1) is 29.8 Å². The lowest BCUT2D eigenvalue weighted by Crippen LogP contribution is -1.98. The summed E-state index contributed by atoms with van der Waals surface area (Å²) in [6.07, 6.45) is 2.75. The smallest absolute Gasteiger partial charge is 0.140 e. The number of nitriles is 1. The summed E-state index contributed by atoms with van der Waals surface area (Å²) >= 11 is 7.02. The predicted molar refractivity (Wildman–Crippen MR) is 104 cm³/mol. The zero-order valence-electron chi connectivity index (χ0n) is 13.5. The Morgan fingerprint density at radius 2 is 1.92 bits per heavy atom. The van der Waals surface area contributed by atoms with Crippen molar-refractivity contribution in [1.82, 2.24) is 0 Å². The van der Waals surface area contributed by atoms with Crippen molar-refractivity contribution >= 4 is 43.5 Å². The summed E-state index contributed by atoms with van der Waals surface area (Å²) in [6.45, 7) is 2.67. The highest BCUT2D eigenvalue weighted by Gasteiger charge is 2.11. The minimum absolute atomic E-state index is 0.559. The largest absolute Gasteiger partial charge is 0.497 e. The molecule has 0 saturated carbocycles. The minimum Gasteiger partial charge on any atom is -0.497 e. The number of hydrogen-bond acceptors (Lipinski definition) is 3. The van der Waals surface area contributed by atoms with Gasteiger partial charge in [0, 0.05) is 10.0 Å². The number of nitrogens with zero attached hydrogens (tertiary/aromatic N) is 1. The molecule has 0 saturated heterocycles. The fourth-order valence-electron chi connectivity index (χ4n) is 2.15. The number of ether oxygens (including phenoxy) is 2. The number of rotatable bonds is 6. The van der Waals surface area contributed by atoms with E-state index in [4.69, 9.17) is 9.47 Å². The second-order valence-corrected chi connectivity index (χ2v) is 6.82. The van der Waals surface area contributed by atoms with Gasteiger partial charge in [0.25, 0.3) is 0 Å². The van der Waals surface area contributed by atoms with Crippen LogP contribution in [0.5, 0.6) is 11.5 Å². The number of methoxy groups -OCH3 is 1. The number of halogens is 2. The molecule has 0 atom stereocenters. The number of hydrogen-bond donors (Lipinski definition) is 0. The molecular weight excluding hydrogens is 434 g/mol. The van der Waals surface area contributed by atoms with E-state index in [1.165, 1.54) is 0 Å². The van der Waals surface area contributed by atoms with E-state index in [9.17, 15) is 5.26 Å². The van der Waals surface area contributed by atoms with Crippen molar-refractivity contribution in [2.75, 3.05) is 13.7 Å². The molecule has 0 fully saturated rings. The van der Waals surface area contributed by atoms with Gasteiger partial charge in [-0.05, 0) is 70.4 Å². The summed E-state index contributed by atoms with van der Waals surface area (Å²) in [7, 11) is 1.62. The van der Waals surface area contributed by atoms with Crippen molar-refractivity contribution in [2.45, 2.75) is 13.3 Å². The monoisotopic (exact) mass is 449 g/mol. The quantitative estimate of drug-likeness (QED) is 0.396. The zero-order valence-corrected chi connectivity index (χ0v) is 16.6. The Kier molecular flexibility index (Phi) is 6.89. The first-order valence-electron chi connectivity index (χ1n) is 7.47. The lowest BCUT2D eigenvalue weighted by Gasteiger charge is -2.12. The van der Waals surface area contributed by atoms with E-state index in [1.54, 1.807) is 7.11 Å². The normalized spacial score (nSPS) is 11.0. The average molecular weight is 451 g/mol. The van der Waals surface area contributed by atoms with Gasteiger partial charge in [-0.2, -0.15) is 5.26 Å². The van der Waals surface area contributed by atoms with Crippen LogP contribution >= 0.6 is 31.9 Å². The van der Waals surface area contributed by atoms with Crippen LogP contribution < -0.4 is 9.47 Å². The van der Waals surface area contributed by atoms with Crippen LogP contribution in [0.3, 0.4) is 0 Å². The molecular formula is C19H17Br2NO2. The standard InChI is InChI=1S/C19H17Br2NO2/c1-3-8-24-19-14(10-16(20)11-18(19)21)9-15(12-22)13-4-6-17(23-2)7-5-13/h4-7,9-11H,3,8H2,1-2H3/b15-9+. The second kappa shape index (κ2) is 8.91. The summed E-state index contributed by atoms with van der Waals surface area (Å²) in [5, 5.41) is 9.56. The van der Waals surface area contributed by atoms with Gasteiger partial charge in [0.2, 0.25) is 0 Å². The van der Waals surface area contributed by atoms with Crippen molar-refractivity contribution in [2.24, 2.45) is 0 Å². The summed E-state index contributed by atoms with van der Waals surface area (Å²) in [5.74, 6) is 1.49. The molecule has 0 spiro atoms. The molecule has 0 bridgehead atoms. The molecule has 0 aliphatic carbocycles. The van der Waals surface area contributed by atoms with Crippen molar-refractivity contribution < 1.29 is 9.47 Å². The van der Waals surface area contributed by atoms with Gasteiger partial charge >= 0.3 is 0 Å². The molecule has 5 heteroatoms. The zero-order chi connectivity index (χ0) is 17.5. The van der Waals surface area contributed by atoms with Gasteiger partial charge in [-0.1, -0.05) is 22.9 Å². The Morgan fingerprint density at radius 1 is 1.21 bits per heavy atom. The first kappa shape index (κ1) is 18.6. The van der Waals surface area contributed by atoms with Crippen LogP contribution in [0.25, 0.3) is 11.6 Å². The Labute approximate surface area is 159 Å². The first-order valence-corrected chi connectivity index (χ1v) is 9.05. The van der Waals surface area contributed by atoms with Crippen molar-refractivity contribution in [3.05, 3.63) is 56.5 Å². The third-order valence-electron chi connectivity index (χ3n) is 3.31. The summed E-state index contributed by atoms with van der Waals surface area (Å²) in [4.78, 5) is 0. The van der Waals surface area contributed by atoms with Gasteiger partial charge in [-0.15, -0.1) is 0 Å². The van der Waals surface area contributed by atoms with Gasteiger partial charge in [0.15, 0.2) is 0 Å². The van der Waals surface area contributed by atoms with E-state index in [1.807, 2.05) is 42.5 Å². The Balaban J connectivity index is 2.47. The molecule has 0 heterocycles. The van der Waals surface area contributed by atoms with E-state index in [2.05, 4.69) is 44.9 Å². The second-order valence-electron chi connectivity index (χ2n) is 5.05. The molecule has 0 aliphatic heterocycles. The van der Waals surface area contributed by atoms with Crippen molar-refractivity contribution in [3.8, 4) is 17.6 Å². The Morgan fingerprint density at radius 3 is 2.50 bits per heavy atom. The molecule has 24 heavy (non-hydrogen) atoms. The van der Waals surface area contributed by atoms with Gasteiger partial charge < -0.3 is 9.47 Å². The third-order valence-corrected chi connectivity index (χ3v) is 4.36. The van der Waals surface area contributed by atoms with Gasteiger partial charge in [-0.25, -0.2) is 0 Å². The van der Waals surface area contributed by atoms with E-state index >= 15 is 0 Å². The highest BCUT2D eigenvalue weighted by atomic mass is 79.9. The summed E-state index contributed by atoms with van der Waals surface area (Å²) in [5.41, 5.74) is 2.23. The Hall–Kier alpha value is -1.77. The van der Waals surface area contributed by atoms with E-state index in [0.29, 0.717) is 12.2 Å². The molecule has 0 aromatic heterocycles. The molecule has 124 valence electrons. The van der Waals surface area contributed by atoms with Crippen LogP contribution in [-0.4, -0.2) is 13.7 Å². The maximum absolute atomic E-state index is 9.56. The van der Waals surface area contributed by atoms with E-state index in [-0.39, 0.29) is 0 Å². The van der Waals surface area contributed by atoms with Crippen molar-refractivity contribution in [3.63, 3.8) is 0 Å². The lowest BCUT2D eigenvalue weighted by atomic mass is 10.0. The fourth-order valence-corrected chi connectivity index (χ4v) is 3.52. The molecule has 0 amide bonds. The summed E-state index contributed by atoms with van der Waals surface area (Å²) < 4.78 is 12.8. The van der Waals surface area contributed by atoms with E-state index in [0.717, 1.165) is 38.0 Å². The number of benzene rings is 2. The molecule has 2 aromatic carbocycles. The molecule has 0 radical (unpaired) electrons. The fraction of sp³-hybridized carbons (Fsp3) is 0.211. The lowest BCUT2D eigenvalue weighted by molar-refractivity contribution is 0.315. The van der Waals surface area contributed by atoms with Crippen LogP contribution in [0.15, 0.2) is 45.3 Å². The molecule has 0 unspecified atom stereocenters. The van der Waals surface area contributed by atoms with E-state index < -0.39 is 0 Å². The van der Waals surface area contributed by atoms with Crippen LogP contribution in [-0.2, 0) is 0 Å². The van der Waals surface area contributed by atoms with Crippen LogP contribution in [0.1, 0.15) is 24.5 Å². The Bertz CT molecular complexity index is 777. The topological polar surface area (TPSA) is 42.2 Å². The molecule has 0 aliphatic rings. The minimum atomic E-state index is 0.559. The van der Waals surface area contributed by atoms with Gasteiger partial charge in [-0.3, -0.25) is 0 Å². The SMILES string of the molecule is CCCOc1c(Br)cc(Br)cc1/C=C(\C#N)c1ccc(OC)cc1. The molecule has 3 nitrogen and oxygen atoms in total. The number of allylic oxidation sites excluding steroid dienone is 1. The molecule has 0 N–H and O–H groups in total. The maximum Gasteiger partial charge on any atom is 0.140 e. The third kappa shape index (κ3) is 4.62. The predicted octanol–water partition coefficient (Wildman–Crippen LogP) is 6.07. The highest BCUT2D eigenvalue weighted by molar-refractivity contribution is 9.11. The van der Waals surface area contributed by atoms with Gasteiger partial charge in [0.1, 0.15) is 11.5 Å². The summed E-state index contributed by atoms with van der Waals surface area (Å²) in [6, 6.07) is 13.5. The van der Waals surface area contributed by atoms with Crippen LogP contribution in [0.2, 0.25) is 0 Å². The molecule has 2 aromatic rings. The van der Waals surface area contributed by atoms with Crippen LogP contribution in [0.4, 0.5) is 0 Å². The molecule has 2 rings (SSSR count). The maximum atomic E-state index is 9.56. The highest BCUT2D eigenvalue weighted by Crippen LogP contribution is 2.35. The first-order chi connectivity index (χ1) is 11.6. The van der Waals surface area contributed by atoms with Crippen LogP contribution in [0, 0.1) is 11.3 Å². The average Bonchev–Trinajstić information content (AvgIpc) is 2.59.